The Labute approximate surface area is 94.7 Å². The molecule has 0 saturated heterocycles. The topological polar surface area (TPSA) is 61.4 Å². The van der Waals surface area contributed by atoms with Crippen molar-refractivity contribution in [1.82, 2.24) is 5.32 Å². The molecule has 4 nitrogen and oxygen atoms in total. The van der Waals surface area contributed by atoms with E-state index in [1.807, 2.05) is 13.0 Å². The molecule has 1 aliphatic carbocycles. The minimum Gasteiger partial charge on any atom is -0.506 e. The first-order valence-electron chi connectivity index (χ1n) is 5.52. The summed E-state index contributed by atoms with van der Waals surface area (Å²) < 4.78 is 0. The fourth-order valence-corrected chi connectivity index (χ4v) is 1.64. The summed E-state index contributed by atoms with van der Waals surface area (Å²) in [4.78, 5) is 11.5. The summed E-state index contributed by atoms with van der Waals surface area (Å²) in [6.07, 6.45) is 3.28. The van der Waals surface area contributed by atoms with Gasteiger partial charge in [0.15, 0.2) is 0 Å². The van der Waals surface area contributed by atoms with Crippen LogP contribution >= 0.6 is 0 Å². The SMILES string of the molecule is Cc1ccc(NC(=O)NC2CCC2)c(O)c1. The Bertz CT molecular complexity index is 400. The van der Waals surface area contributed by atoms with Gasteiger partial charge in [-0.05, 0) is 43.9 Å². The molecule has 0 bridgehead atoms. The zero-order valence-electron chi connectivity index (χ0n) is 9.29. The molecular formula is C12H16N2O2. The summed E-state index contributed by atoms with van der Waals surface area (Å²) in [5, 5.41) is 15.1. The average Bonchev–Trinajstić information content (AvgIpc) is 2.16. The molecule has 86 valence electrons. The van der Waals surface area contributed by atoms with Gasteiger partial charge in [0.2, 0.25) is 0 Å². The van der Waals surface area contributed by atoms with Crippen LogP contribution in [-0.4, -0.2) is 17.2 Å². The maximum Gasteiger partial charge on any atom is 0.319 e. The quantitative estimate of drug-likeness (QED) is 0.670. The Balaban J connectivity index is 1.94. The molecule has 1 aliphatic rings. The van der Waals surface area contributed by atoms with Crippen molar-refractivity contribution in [3.63, 3.8) is 0 Å². The minimum atomic E-state index is -0.246. The van der Waals surface area contributed by atoms with Gasteiger partial charge in [0.25, 0.3) is 0 Å². The molecule has 0 radical (unpaired) electrons. The van der Waals surface area contributed by atoms with Crippen LogP contribution in [0.4, 0.5) is 10.5 Å². The van der Waals surface area contributed by atoms with Gasteiger partial charge < -0.3 is 15.7 Å². The van der Waals surface area contributed by atoms with E-state index in [1.54, 1.807) is 12.1 Å². The molecule has 0 spiro atoms. The number of aromatic hydroxyl groups is 1. The number of urea groups is 1. The number of phenols is 1. The molecule has 16 heavy (non-hydrogen) atoms. The third-order valence-corrected chi connectivity index (χ3v) is 2.84. The average molecular weight is 220 g/mol. The van der Waals surface area contributed by atoms with Gasteiger partial charge >= 0.3 is 6.03 Å². The van der Waals surface area contributed by atoms with Gasteiger partial charge in [-0.1, -0.05) is 6.07 Å². The summed E-state index contributed by atoms with van der Waals surface area (Å²) in [6.45, 7) is 1.89. The van der Waals surface area contributed by atoms with E-state index in [2.05, 4.69) is 10.6 Å². The van der Waals surface area contributed by atoms with Gasteiger partial charge in [0.05, 0.1) is 5.69 Å². The van der Waals surface area contributed by atoms with Gasteiger partial charge in [-0.15, -0.1) is 0 Å². The second-order valence-corrected chi connectivity index (χ2v) is 4.25. The van der Waals surface area contributed by atoms with Crippen LogP contribution in [0.3, 0.4) is 0 Å². The predicted octanol–water partition coefficient (Wildman–Crippen LogP) is 2.37. The molecule has 1 aromatic rings. The molecule has 2 rings (SSSR count). The van der Waals surface area contributed by atoms with Crippen molar-refractivity contribution in [2.75, 3.05) is 5.32 Å². The van der Waals surface area contributed by atoms with E-state index in [0.29, 0.717) is 11.7 Å². The maximum atomic E-state index is 11.5. The fourth-order valence-electron chi connectivity index (χ4n) is 1.64. The Hall–Kier alpha value is -1.71. The van der Waals surface area contributed by atoms with Crippen molar-refractivity contribution in [3.05, 3.63) is 23.8 Å². The number of carbonyl (C=O) groups is 1. The van der Waals surface area contributed by atoms with Crippen molar-refractivity contribution >= 4 is 11.7 Å². The molecule has 4 heteroatoms. The predicted molar refractivity (Wildman–Crippen MR) is 62.6 cm³/mol. The highest BCUT2D eigenvalue weighted by atomic mass is 16.3. The highest BCUT2D eigenvalue weighted by molar-refractivity contribution is 5.91. The second-order valence-electron chi connectivity index (χ2n) is 4.25. The summed E-state index contributed by atoms with van der Waals surface area (Å²) in [5.41, 5.74) is 1.41. The van der Waals surface area contributed by atoms with E-state index in [9.17, 15) is 9.90 Å². The van der Waals surface area contributed by atoms with Crippen LogP contribution in [0.5, 0.6) is 5.75 Å². The Morgan fingerprint density at radius 2 is 2.19 bits per heavy atom. The Kier molecular flexibility index (Phi) is 2.99. The highest BCUT2D eigenvalue weighted by Gasteiger charge is 2.19. The number of benzene rings is 1. The first-order chi connectivity index (χ1) is 7.65. The van der Waals surface area contributed by atoms with Gasteiger partial charge in [-0.2, -0.15) is 0 Å². The van der Waals surface area contributed by atoms with E-state index in [4.69, 9.17) is 0 Å². The van der Waals surface area contributed by atoms with Gasteiger partial charge in [-0.25, -0.2) is 4.79 Å². The molecule has 1 aromatic carbocycles. The number of amides is 2. The zero-order chi connectivity index (χ0) is 11.5. The van der Waals surface area contributed by atoms with Crippen molar-refractivity contribution in [2.45, 2.75) is 32.2 Å². The van der Waals surface area contributed by atoms with Crippen LogP contribution in [0.1, 0.15) is 24.8 Å². The number of phenolic OH excluding ortho intramolecular Hbond substituents is 1. The number of rotatable bonds is 2. The van der Waals surface area contributed by atoms with Crippen molar-refractivity contribution in [3.8, 4) is 5.75 Å². The molecule has 1 fully saturated rings. The summed E-state index contributed by atoms with van der Waals surface area (Å²) >= 11 is 0. The van der Waals surface area contributed by atoms with Crippen LogP contribution in [0, 0.1) is 6.92 Å². The van der Waals surface area contributed by atoms with Crippen LogP contribution in [0.2, 0.25) is 0 Å². The summed E-state index contributed by atoms with van der Waals surface area (Å²) in [7, 11) is 0. The Morgan fingerprint density at radius 1 is 1.44 bits per heavy atom. The largest absolute Gasteiger partial charge is 0.506 e. The highest BCUT2D eigenvalue weighted by Crippen LogP contribution is 2.24. The first kappa shape index (κ1) is 10.8. The molecule has 0 aromatic heterocycles. The second kappa shape index (κ2) is 4.43. The lowest BCUT2D eigenvalue weighted by molar-refractivity contribution is 0.240. The van der Waals surface area contributed by atoms with Gasteiger partial charge in [0, 0.05) is 6.04 Å². The van der Waals surface area contributed by atoms with E-state index in [0.717, 1.165) is 18.4 Å². The van der Waals surface area contributed by atoms with Crippen LogP contribution in [0.15, 0.2) is 18.2 Å². The number of nitrogens with one attached hydrogen (secondary N) is 2. The van der Waals surface area contributed by atoms with E-state index >= 15 is 0 Å². The van der Waals surface area contributed by atoms with E-state index < -0.39 is 0 Å². The number of hydrogen-bond acceptors (Lipinski definition) is 2. The molecule has 1 saturated carbocycles. The van der Waals surface area contributed by atoms with E-state index in [1.165, 1.54) is 6.42 Å². The van der Waals surface area contributed by atoms with Gasteiger partial charge in [0.1, 0.15) is 5.75 Å². The molecule has 0 heterocycles. The monoisotopic (exact) mass is 220 g/mol. The lowest BCUT2D eigenvalue weighted by Gasteiger charge is -2.26. The van der Waals surface area contributed by atoms with Crippen molar-refractivity contribution < 1.29 is 9.90 Å². The molecule has 0 atom stereocenters. The van der Waals surface area contributed by atoms with E-state index in [-0.39, 0.29) is 11.8 Å². The van der Waals surface area contributed by atoms with Crippen molar-refractivity contribution in [1.29, 1.82) is 0 Å². The lowest BCUT2D eigenvalue weighted by atomic mass is 9.93. The van der Waals surface area contributed by atoms with Crippen LogP contribution in [0.25, 0.3) is 0 Å². The van der Waals surface area contributed by atoms with Gasteiger partial charge in [-0.3, -0.25) is 0 Å². The van der Waals surface area contributed by atoms with Crippen molar-refractivity contribution in [2.24, 2.45) is 0 Å². The minimum absolute atomic E-state index is 0.101. The summed E-state index contributed by atoms with van der Waals surface area (Å²) in [6, 6.07) is 5.22. The molecule has 0 aliphatic heterocycles. The number of anilines is 1. The third kappa shape index (κ3) is 2.45. The smallest absolute Gasteiger partial charge is 0.319 e. The molecule has 0 unspecified atom stereocenters. The first-order valence-corrected chi connectivity index (χ1v) is 5.52. The standard InChI is InChI=1S/C12H16N2O2/c1-8-5-6-10(11(15)7-8)14-12(16)13-9-3-2-4-9/h5-7,9,15H,2-4H2,1H3,(H2,13,14,16). The number of carbonyl (C=O) groups excluding carboxylic acids is 1. The molecular weight excluding hydrogens is 204 g/mol. The maximum absolute atomic E-state index is 11.5. The fraction of sp³-hybridized carbons (Fsp3) is 0.417. The number of aryl methyl sites for hydroxylation is 1. The normalized spacial score (nSPS) is 15.3. The van der Waals surface area contributed by atoms with Crippen LogP contribution < -0.4 is 10.6 Å². The van der Waals surface area contributed by atoms with Crippen LogP contribution in [-0.2, 0) is 0 Å². The lowest BCUT2D eigenvalue weighted by Crippen LogP contribution is -2.41. The Morgan fingerprint density at radius 3 is 2.75 bits per heavy atom. The molecule has 2 amide bonds. The molecule has 3 N–H and O–H groups in total. The number of hydrogen-bond donors (Lipinski definition) is 3. The summed E-state index contributed by atoms with van der Waals surface area (Å²) in [5.74, 6) is 0.101. The zero-order valence-corrected chi connectivity index (χ0v) is 9.29. The third-order valence-electron chi connectivity index (χ3n) is 2.84.